The average molecular weight is 544 g/mol. The molecule has 202 valence electrons. The molecule has 39 heavy (non-hydrogen) atoms. The van der Waals surface area contributed by atoms with E-state index in [2.05, 4.69) is 43.8 Å². The van der Waals surface area contributed by atoms with E-state index < -0.39 is 0 Å². The molecule has 0 saturated carbocycles. The monoisotopic (exact) mass is 543 g/mol. The summed E-state index contributed by atoms with van der Waals surface area (Å²) < 4.78 is 13.5. The van der Waals surface area contributed by atoms with Crippen LogP contribution >= 0.6 is 11.8 Å². The van der Waals surface area contributed by atoms with Crippen LogP contribution in [0.25, 0.3) is 22.0 Å². The highest BCUT2D eigenvalue weighted by Crippen LogP contribution is 2.30. The summed E-state index contributed by atoms with van der Waals surface area (Å²) in [5, 5.41) is 7.71. The van der Waals surface area contributed by atoms with Gasteiger partial charge in [0, 0.05) is 54.0 Å². The normalized spacial score (nSPS) is 10.7. The van der Waals surface area contributed by atoms with Crippen LogP contribution in [0.4, 0.5) is 21.6 Å². The minimum absolute atomic E-state index is 0.246. The summed E-state index contributed by atoms with van der Waals surface area (Å²) in [5.41, 5.74) is 18.9. The number of benzene rings is 3. The minimum Gasteiger partial charge on any atom is -0.381 e. The Hall–Kier alpha value is -3.92. The van der Waals surface area contributed by atoms with Crippen molar-refractivity contribution in [2.45, 2.75) is 20.0 Å². The molecule has 5 rings (SSSR count). The Labute approximate surface area is 232 Å². The summed E-state index contributed by atoms with van der Waals surface area (Å²) in [7, 11) is 0. The van der Waals surface area contributed by atoms with Gasteiger partial charge in [-0.2, -0.15) is 11.8 Å². The summed E-state index contributed by atoms with van der Waals surface area (Å²) in [6.45, 7) is 3.71. The maximum atomic E-state index is 13.5. The molecule has 0 radical (unpaired) electrons. The van der Waals surface area contributed by atoms with Crippen LogP contribution in [0, 0.1) is 12.7 Å². The second-order valence-electron chi connectivity index (χ2n) is 8.99. The number of hydrogen-bond acceptors (Lipinski definition) is 7. The Bertz CT molecular complexity index is 1520. The number of H-pyrrole nitrogens is 1. The molecule has 0 atom stereocenters. The summed E-state index contributed by atoms with van der Waals surface area (Å²) in [5.74, 6) is 1.56. The summed E-state index contributed by atoms with van der Waals surface area (Å²) in [6, 6.07) is 20.8. The zero-order valence-electron chi connectivity index (χ0n) is 22.2. The van der Waals surface area contributed by atoms with Crippen molar-refractivity contribution in [2.24, 2.45) is 11.5 Å². The van der Waals surface area contributed by atoms with Crippen molar-refractivity contribution in [3.8, 4) is 11.1 Å². The first-order valence-electron chi connectivity index (χ1n) is 12.7. The fraction of sp³-hybridized carbons (Fsp3) is 0.200. The van der Waals surface area contributed by atoms with Gasteiger partial charge in [-0.3, -0.25) is 0 Å². The highest BCUT2D eigenvalue weighted by Gasteiger charge is 2.09. The molecule has 2 heterocycles. The summed E-state index contributed by atoms with van der Waals surface area (Å²) in [6.07, 6.45) is 5.60. The van der Waals surface area contributed by atoms with Gasteiger partial charge in [0.2, 0.25) is 0 Å². The van der Waals surface area contributed by atoms with Crippen LogP contribution in [0.3, 0.4) is 0 Å². The molecule has 0 saturated heterocycles. The number of halogens is 1. The highest BCUT2D eigenvalue weighted by molar-refractivity contribution is 7.98. The van der Waals surface area contributed by atoms with Gasteiger partial charge in [-0.05, 0) is 84.0 Å². The van der Waals surface area contributed by atoms with Crippen LogP contribution < -0.4 is 22.1 Å². The van der Waals surface area contributed by atoms with E-state index in [4.69, 9.17) is 11.5 Å². The number of anilines is 3. The van der Waals surface area contributed by atoms with E-state index in [9.17, 15) is 4.39 Å². The third kappa shape index (κ3) is 7.57. The molecule has 9 heteroatoms. The van der Waals surface area contributed by atoms with Gasteiger partial charge in [0.1, 0.15) is 18.0 Å². The van der Waals surface area contributed by atoms with Crippen molar-refractivity contribution in [1.29, 1.82) is 0 Å². The molecule has 0 amide bonds. The second kappa shape index (κ2) is 13.7. The van der Waals surface area contributed by atoms with E-state index >= 15 is 0 Å². The molecular formula is C30H34FN7S. The minimum atomic E-state index is -0.246. The first-order valence-corrected chi connectivity index (χ1v) is 14.1. The van der Waals surface area contributed by atoms with E-state index in [0.29, 0.717) is 13.1 Å². The molecule has 0 aliphatic carbocycles. The number of hydrogen-bond donors (Lipinski definition) is 5. The van der Waals surface area contributed by atoms with Gasteiger partial charge < -0.3 is 27.1 Å². The van der Waals surface area contributed by atoms with Gasteiger partial charge in [-0.15, -0.1) is 0 Å². The molecule has 0 unspecified atom stereocenters. The van der Waals surface area contributed by atoms with Crippen LogP contribution in [0.1, 0.15) is 16.8 Å². The third-order valence-electron chi connectivity index (χ3n) is 6.08. The Kier molecular flexibility index (Phi) is 9.91. The van der Waals surface area contributed by atoms with E-state index in [1.807, 2.05) is 49.7 Å². The molecule has 0 bridgehead atoms. The number of aromatic amines is 1. The fourth-order valence-corrected chi connectivity index (χ4v) is 4.36. The van der Waals surface area contributed by atoms with Crippen molar-refractivity contribution in [3.05, 3.63) is 102 Å². The topological polar surface area (TPSA) is 118 Å². The first kappa shape index (κ1) is 28.1. The molecule has 5 aromatic rings. The van der Waals surface area contributed by atoms with E-state index in [-0.39, 0.29) is 5.82 Å². The van der Waals surface area contributed by atoms with Crippen molar-refractivity contribution in [1.82, 2.24) is 15.0 Å². The van der Waals surface area contributed by atoms with Crippen molar-refractivity contribution in [2.75, 3.05) is 29.2 Å². The quantitative estimate of drug-likeness (QED) is 0.150. The van der Waals surface area contributed by atoms with E-state index in [1.165, 1.54) is 12.1 Å². The maximum absolute atomic E-state index is 13.5. The van der Waals surface area contributed by atoms with Gasteiger partial charge in [0.15, 0.2) is 0 Å². The van der Waals surface area contributed by atoms with Crippen LogP contribution in [0.5, 0.6) is 0 Å². The maximum Gasteiger partial charge on any atom is 0.141 e. The molecule has 0 spiro atoms. The fourth-order valence-electron chi connectivity index (χ4n) is 4.12. The number of fused-ring (bicyclic) bond motifs is 1. The number of rotatable bonds is 9. The number of aromatic nitrogens is 3. The van der Waals surface area contributed by atoms with Gasteiger partial charge in [0.25, 0.3) is 0 Å². The third-order valence-corrected chi connectivity index (χ3v) is 6.72. The Morgan fingerprint density at radius 1 is 0.974 bits per heavy atom. The second-order valence-corrected chi connectivity index (χ2v) is 9.98. The summed E-state index contributed by atoms with van der Waals surface area (Å²) in [4.78, 5) is 12.1. The predicted molar refractivity (Wildman–Crippen MR) is 163 cm³/mol. The van der Waals surface area contributed by atoms with Crippen molar-refractivity contribution >= 4 is 39.9 Å². The molecule has 0 fully saturated rings. The Morgan fingerprint density at radius 3 is 2.54 bits per heavy atom. The molecule has 0 aliphatic rings. The Morgan fingerprint density at radius 2 is 1.85 bits per heavy atom. The van der Waals surface area contributed by atoms with Gasteiger partial charge in [-0.1, -0.05) is 18.2 Å². The number of thioether (sulfide) groups is 1. The van der Waals surface area contributed by atoms with Crippen LogP contribution in [0.2, 0.25) is 0 Å². The SMILES string of the molecule is CSCCN.Cc1cc(-c2ccc3ncnc(Nc4ccc(NCc5cccc(F)c5)c(CN)c4)c3c2)c[nH]1. The largest absolute Gasteiger partial charge is 0.381 e. The lowest BCUT2D eigenvalue weighted by Crippen LogP contribution is -2.07. The molecule has 3 aromatic carbocycles. The highest BCUT2D eigenvalue weighted by atomic mass is 32.2. The number of nitrogens with zero attached hydrogens (tertiary/aromatic N) is 2. The summed E-state index contributed by atoms with van der Waals surface area (Å²) >= 11 is 1.78. The van der Waals surface area contributed by atoms with Gasteiger partial charge in [0.05, 0.1) is 5.52 Å². The lowest BCUT2D eigenvalue weighted by molar-refractivity contribution is 0.626. The first-order chi connectivity index (χ1) is 19.0. The van der Waals surface area contributed by atoms with Crippen molar-refractivity contribution < 1.29 is 4.39 Å². The molecular weight excluding hydrogens is 509 g/mol. The van der Waals surface area contributed by atoms with Crippen LogP contribution in [0.15, 0.2) is 79.3 Å². The van der Waals surface area contributed by atoms with Gasteiger partial charge in [-0.25, -0.2) is 14.4 Å². The number of nitrogens with two attached hydrogens (primary N) is 2. The zero-order chi connectivity index (χ0) is 27.6. The Balaban J connectivity index is 0.000000648. The number of aryl methyl sites for hydroxylation is 1. The zero-order valence-corrected chi connectivity index (χ0v) is 23.0. The molecule has 2 aromatic heterocycles. The average Bonchev–Trinajstić information content (AvgIpc) is 3.39. The lowest BCUT2D eigenvalue weighted by atomic mass is 10.1. The molecule has 7 nitrogen and oxygen atoms in total. The predicted octanol–water partition coefficient (Wildman–Crippen LogP) is 6.19. The standard InChI is InChI=1S/C27H25FN6.C3H9NS/c1-17-9-21(15-30-17)19-5-7-26-24(12-19)27(33-16-32-26)34-23-6-8-25(20(11-23)13-29)31-14-18-3-2-4-22(28)10-18;1-5-3-2-4/h2-12,15-16,30-31H,13-14,29H2,1H3,(H,32,33,34);2-4H2,1H3. The van der Waals surface area contributed by atoms with Crippen LogP contribution in [-0.4, -0.2) is 33.5 Å². The van der Waals surface area contributed by atoms with Gasteiger partial charge >= 0.3 is 0 Å². The van der Waals surface area contributed by atoms with E-state index in [1.54, 1.807) is 24.2 Å². The number of nitrogens with one attached hydrogen (secondary N) is 3. The molecule has 0 aliphatic heterocycles. The van der Waals surface area contributed by atoms with Crippen molar-refractivity contribution in [3.63, 3.8) is 0 Å². The van der Waals surface area contributed by atoms with E-state index in [0.717, 1.165) is 68.3 Å². The molecule has 7 N–H and O–H groups in total. The lowest BCUT2D eigenvalue weighted by Gasteiger charge is -2.15. The van der Waals surface area contributed by atoms with Crippen LogP contribution in [-0.2, 0) is 13.1 Å². The smallest absolute Gasteiger partial charge is 0.141 e.